The SMILES string of the molecule is Nc1ccc(CC(=O)N(CCCO)C2CCC2)cc1. The third-order valence-electron chi connectivity index (χ3n) is 3.73. The molecule has 0 heterocycles. The van der Waals surface area contributed by atoms with E-state index in [9.17, 15) is 4.79 Å². The Bertz CT molecular complexity index is 413. The van der Waals surface area contributed by atoms with Crippen LogP contribution < -0.4 is 5.73 Å². The van der Waals surface area contributed by atoms with Crippen molar-refractivity contribution in [1.29, 1.82) is 0 Å². The van der Waals surface area contributed by atoms with Gasteiger partial charge in [-0.15, -0.1) is 0 Å². The zero-order chi connectivity index (χ0) is 13.7. The van der Waals surface area contributed by atoms with E-state index in [0.29, 0.717) is 31.1 Å². The highest BCUT2D eigenvalue weighted by molar-refractivity contribution is 5.79. The van der Waals surface area contributed by atoms with E-state index in [1.807, 2.05) is 29.2 Å². The van der Waals surface area contributed by atoms with E-state index in [0.717, 1.165) is 18.4 Å². The highest BCUT2D eigenvalue weighted by atomic mass is 16.3. The van der Waals surface area contributed by atoms with E-state index in [1.54, 1.807) is 0 Å². The smallest absolute Gasteiger partial charge is 0.227 e. The summed E-state index contributed by atoms with van der Waals surface area (Å²) in [5.74, 6) is 0.155. The first-order valence-electron chi connectivity index (χ1n) is 6.95. The molecule has 104 valence electrons. The van der Waals surface area contributed by atoms with Gasteiger partial charge in [-0.2, -0.15) is 0 Å². The Labute approximate surface area is 114 Å². The van der Waals surface area contributed by atoms with Crippen molar-refractivity contribution in [1.82, 2.24) is 4.90 Å². The Morgan fingerprint density at radius 1 is 1.32 bits per heavy atom. The summed E-state index contributed by atoms with van der Waals surface area (Å²) in [5, 5.41) is 8.94. The number of hydrogen-bond donors (Lipinski definition) is 2. The molecular formula is C15H22N2O2. The van der Waals surface area contributed by atoms with E-state index in [-0.39, 0.29) is 12.5 Å². The summed E-state index contributed by atoms with van der Waals surface area (Å²) in [6, 6.07) is 7.83. The number of aliphatic hydroxyl groups is 1. The molecule has 1 aliphatic rings. The second-order valence-corrected chi connectivity index (χ2v) is 5.17. The minimum absolute atomic E-state index is 0.137. The van der Waals surface area contributed by atoms with Crippen LogP contribution in [0.2, 0.25) is 0 Å². The van der Waals surface area contributed by atoms with Crippen LogP contribution in [0.15, 0.2) is 24.3 Å². The Morgan fingerprint density at radius 3 is 2.53 bits per heavy atom. The summed E-state index contributed by atoms with van der Waals surface area (Å²) in [6.45, 7) is 0.799. The van der Waals surface area contributed by atoms with Gasteiger partial charge >= 0.3 is 0 Å². The monoisotopic (exact) mass is 262 g/mol. The van der Waals surface area contributed by atoms with Crippen LogP contribution in [0.5, 0.6) is 0 Å². The van der Waals surface area contributed by atoms with E-state index >= 15 is 0 Å². The van der Waals surface area contributed by atoms with Crippen molar-refractivity contribution in [3.8, 4) is 0 Å². The maximum atomic E-state index is 12.4. The maximum absolute atomic E-state index is 12.4. The summed E-state index contributed by atoms with van der Waals surface area (Å²) in [4.78, 5) is 14.3. The molecule has 0 saturated heterocycles. The van der Waals surface area contributed by atoms with Crippen LogP contribution in [0.1, 0.15) is 31.2 Å². The number of hydrogen-bond acceptors (Lipinski definition) is 3. The van der Waals surface area contributed by atoms with Crippen molar-refractivity contribution < 1.29 is 9.90 Å². The van der Waals surface area contributed by atoms with Crippen LogP contribution in [0.4, 0.5) is 5.69 Å². The number of nitrogen functional groups attached to an aromatic ring is 1. The van der Waals surface area contributed by atoms with Gasteiger partial charge < -0.3 is 15.7 Å². The number of anilines is 1. The molecule has 0 spiro atoms. The van der Waals surface area contributed by atoms with Gasteiger partial charge in [0.1, 0.15) is 0 Å². The second-order valence-electron chi connectivity index (χ2n) is 5.17. The Balaban J connectivity index is 1.96. The van der Waals surface area contributed by atoms with Gasteiger partial charge in [-0.1, -0.05) is 12.1 Å². The number of nitrogens with zero attached hydrogens (tertiary/aromatic N) is 1. The fraction of sp³-hybridized carbons (Fsp3) is 0.533. The predicted octanol–water partition coefficient (Wildman–Crippen LogP) is 1.57. The molecule has 19 heavy (non-hydrogen) atoms. The van der Waals surface area contributed by atoms with Crippen molar-refractivity contribution in [2.45, 2.75) is 38.1 Å². The highest BCUT2D eigenvalue weighted by Crippen LogP contribution is 2.25. The van der Waals surface area contributed by atoms with Gasteiger partial charge in [0, 0.05) is 24.9 Å². The van der Waals surface area contributed by atoms with Gasteiger partial charge in [-0.3, -0.25) is 4.79 Å². The van der Waals surface area contributed by atoms with E-state index in [2.05, 4.69) is 0 Å². The Morgan fingerprint density at radius 2 is 2.00 bits per heavy atom. The zero-order valence-electron chi connectivity index (χ0n) is 11.2. The van der Waals surface area contributed by atoms with Gasteiger partial charge in [0.2, 0.25) is 5.91 Å². The number of carbonyl (C=O) groups is 1. The molecule has 1 aromatic carbocycles. The van der Waals surface area contributed by atoms with Crippen molar-refractivity contribution in [3.05, 3.63) is 29.8 Å². The number of carbonyl (C=O) groups excluding carboxylic acids is 1. The van der Waals surface area contributed by atoms with Gasteiger partial charge in [0.15, 0.2) is 0 Å². The molecule has 4 nitrogen and oxygen atoms in total. The second kappa shape index (κ2) is 6.57. The number of rotatable bonds is 6. The van der Waals surface area contributed by atoms with Gasteiger partial charge in [0.25, 0.3) is 0 Å². The number of benzene rings is 1. The molecule has 4 heteroatoms. The van der Waals surface area contributed by atoms with Crippen molar-refractivity contribution in [2.75, 3.05) is 18.9 Å². The molecule has 1 fully saturated rings. The van der Waals surface area contributed by atoms with Gasteiger partial charge in [-0.25, -0.2) is 0 Å². The third kappa shape index (κ3) is 3.70. The summed E-state index contributed by atoms with van der Waals surface area (Å²) in [6.07, 6.45) is 4.47. The van der Waals surface area contributed by atoms with E-state index in [4.69, 9.17) is 10.8 Å². The molecule has 2 rings (SSSR count). The van der Waals surface area contributed by atoms with Crippen LogP contribution in [0.3, 0.4) is 0 Å². The Kier molecular flexibility index (Phi) is 4.80. The van der Waals surface area contributed by atoms with Crippen LogP contribution in [-0.2, 0) is 11.2 Å². The summed E-state index contributed by atoms with van der Waals surface area (Å²) in [7, 11) is 0. The average Bonchev–Trinajstić information content (AvgIpc) is 2.34. The molecule has 1 aliphatic carbocycles. The molecule has 0 aliphatic heterocycles. The third-order valence-corrected chi connectivity index (χ3v) is 3.73. The summed E-state index contributed by atoms with van der Waals surface area (Å²) < 4.78 is 0. The molecule has 1 saturated carbocycles. The molecule has 1 amide bonds. The molecule has 0 atom stereocenters. The summed E-state index contributed by atoms with van der Waals surface area (Å²) in [5.41, 5.74) is 7.35. The predicted molar refractivity (Wildman–Crippen MR) is 75.6 cm³/mol. The molecule has 0 aromatic heterocycles. The first kappa shape index (κ1) is 13.9. The van der Waals surface area contributed by atoms with Crippen molar-refractivity contribution in [2.24, 2.45) is 0 Å². The lowest BCUT2D eigenvalue weighted by molar-refractivity contribution is -0.134. The topological polar surface area (TPSA) is 66.6 Å². The van der Waals surface area contributed by atoms with Crippen molar-refractivity contribution in [3.63, 3.8) is 0 Å². The lowest BCUT2D eigenvalue weighted by atomic mass is 9.91. The van der Waals surface area contributed by atoms with Crippen LogP contribution in [-0.4, -0.2) is 35.1 Å². The first-order valence-corrected chi connectivity index (χ1v) is 6.95. The normalized spacial score (nSPS) is 15.0. The lowest BCUT2D eigenvalue weighted by Gasteiger charge is -2.37. The molecule has 1 aromatic rings. The Hall–Kier alpha value is -1.55. The van der Waals surface area contributed by atoms with Crippen molar-refractivity contribution >= 4 is 11.6 Å². The first-order chi connectivity index (χ1) is 9.20. The fourth-order valence-corrected chi connectivity index (χ4v) is 2.36. The largest absolute Gasteiger partial charge is 0.399 e. The molecule has 3 N–H and O–H groups in total. The quantitative estimate of drug-likeness (QED) is 0.765. The summed E-state index contributed by atoms with van der Waals surface area (Å²) >= 11 is 0. The minimum Gasteiger partial charge on any atom is -0.399 e. The molecule has 0 bridgehead atoms. The van der Waals surface area contributed by atoms with Crippen LogP contribution in [0, 0.1) is 0 Å². The van der Waals surface area contributed by atoms with E-state index < -0.39 is 0 Å². The molecular weight excluding hydrogens is 240 g/mol. The lowest BCUT2D eigenvalue weighted by Crippen LogP contribution is -2.45. The highest BCUT2D eigenvalue weighted by Gasteiger charge is 2.28. The number of amides is 1. The number of nitrogens with two attached hydrogens (primary N) is 1. The molecule has 0 unspecified atom stereocenters. The maximum Gasteiger partial charge on any atom is 0.227 e. The average molecular weight is 262 g/mol. The zero-order valence-corrected chi connectivity index (χ0v) is 11.2. The minimum atomic E-state index is 0.137. The van der Waals surface area contributed by atoms with E-state index in [1.165, 1.54) is 6.42 Å². The fourth-order valence-electron chi connectivity index (χ4n) is 2.36. The number of aliphatic hydroxyl groups excluding tert-OH is 1. The standard InChI is InChI=1S/C15H22N2O2/c16-13-7-5-12(6-8-13)11-15(19)17(9-2-10-18)14-3-1-4-14/h5-8,14,18H,1-4,9-11,16H2. The van der Waals surface area contributed by atoms with Gasteiger partial charge in [0.05, 0.1) is 6.42 Å². The van der Waals surface area contributed by atoms with Crippen LogP contribution >= 0.6 is 0 Å². The van der Waals surface area contributed by atoms with Crippen LogP contribution in [0.25, 0.3) is 0 Å². The van der Waals surface area contributed by atoms with Gasteiger partial charge in [-0.05, 0) is 43.4 Å². The molecule has 0 radical (unpaired) electrons.